The van der Waals surface area contributed by atoms with Crippen molar-refractivity contribution in [1.82, 2.24) is 25.4 Å². The van der Waals surface area contributed by atoms with Crippen LogP contribution in [0, 0.1) is 0 Å². The maximum atomic E-state index is 4.31. The molecule has 2 heterocycles. The number of benzene rings is 1. The molecule has 1 aliphatic heterocycles. The van der Waals surface area contributed by atoms with Crippen LogP contribution in [-0.2, 0) is 6.54 Å². The number of para-hydroxylation sites is 1. The zero-order valence-corrected chi connectivity index (χ0v) is 18.0. The maximum absolute atomic E-state index is 4.31. The molecule has 1 fully saturated rings. The van der Waals surface area contributed by atoms with Gasteiger partial charge >= 0.3 is 0 Å². The summed E-state index contributed by atoms with van der Waals surface area (Å²) in [6.07, 6.45) is 4.34. The molecule has 25 heavy (non-hydrogen) atoms. The van der Waals surface area contributed by atoms with E-state index in [0.717, 1.165) is 43.0 Å². The quantitative estimate of drug-likeness (QED) is 0.359. The summed E-state index contributed by atoms with van der Waals surface area (Å²) in [5.41, 5.74) is 1.25. The molecule has 1 aromatic carbocycles. The van der Waals surface area contributed by atoms with Gasteiger partial charge in [0.15, 0.2) is 5.96 Å². The molecule has 0 bridgehead atoms. The van der Waals surface area contributed by atoms with E-state index in [1.54, 1.807) is 24.4 Å². The van der Waals surface area contributed by atoms with Gasteiger partial charge in [-0.05, 0) is 34.5 Å². The number of hydrogen-bond donors (Lipinski definition) is 2. The van der Waals surface area contributed by atoms with E-state index in [4.69, 9.17) is 0 Å². The van der Waals surface area contributed by atoms with Crippen LogP contribution in [0.4, 0.5) is 5.69 Å². The molecule has 1 aliphatic rings. The Morgan fingerprint density at radius 2 is 2.24 bits per heavy atom. The van der Waals surface area contributed by atoms with Gasteiger partial charge in [0.05, 0.1) is 12.2 Å². The van der Waals surface area contributed by atoms with Crippen LogP contribution in [0.2, 0.25) is 0 Å². The van der Waals surface area contributed by atoms with Crippen molar-refractivity contribution in [2.75, 3.05) is 31.6 Å². The molecule has 7 nitrogen and oxygen atoms in total. The fraction of sp³-hybridized carbons (Fsp3) is 0.438. The molecule has 1 saturated heterocycles. The van der Waals surface area contributed by atoms with E-state index >= 15 is 0 Å². The lowest BCUT2D eigenvalue weighted by atomic mass is 10.3. The van der Waals surface area contributed by atoms with Crippen molar-refractivity contribution in [2.24, 2.45) is 4.99 Å². The monoisotopic (exact) mass is 519 g/mol. The number of nitrogens with one attached hydrogen (secondary N) is 2. The number of anilines is 1. The largest absolute Gasteiger partial charge is 0.368 e. The number of hydrogen-bond acceptors (Lipinski definition) is 4. The fourth-order valence-corrected chi connectivity index (χ4v) is 3.37. The van der Waals surface area contributed by atoms with Crippen LogP contribution in [0.5, 0.6) is 0 Å². The third kappa shape index (κ3) is 5.56. The van der Waals surface area contributed by atoms with Crippen LogP contribution in [0.15, 0.2) is 46.4 Å². The Morgan fingerprint density at radius 1 is 1.40 bits per heavy atom. The molecule has 0 aliphatic carbocycles. The molecule has 0 amide bonds. The lowest BCUT2D eigenvalue weighted by Crippen LogP contribution is -2.45. The molecule has 3 rings (SSSR count). The highest BCUT2D eigenvalue weighted by molar-refractivity contribution is 14.0. The van der Waals surface area contributed by atoms with Crippen molar-refractivity contribution in [3.63, 3.8) is 0 Å². The third-order valence-corrected chi connectivity index (χ3v) is 4.72. The van der Waals surface area contributed by atoms with Gasteiger partial charge in [0.2, 0.25) is 0 Å². The average Bonchev–Trinajstić information content (AvgIpc) is 3.26. The minimum absolute atomic E-state index is 0. The second kappa shape index (κ2) is 9.95. The van der Waals surface area contributed by atoms with Gasteiger partial charge in [-0.3, -0.25) is 9.67 Å². The maximum Gasteiger partial charge on any atom is 0.191 e. The molecule has 9 heteroatoms. The summed E-state index contributed by atoms with van der Waals surface area (Å²) in [7, 11) is 1.80. The van der Waals surface area contributed by atoms with Crippen LogP contribution >= 0.6 is 39.9 Å². The number of guanidine groups is 1. The van der Waals surface area contributed by atoms with Crippen molar-refractivity contribution in [3.8, 4) is 0 Å². The molecule has 1 aromatic heterocycles. The third-order valence-electron chi connectivity index (χ3n) is 4.05. The highest BCUT2D eigenvalue weighted by atomic mass is 127. The van der Waals surface area contributed by atoms with Gasteiger partial charge < -0.3 is 15.5 Å². The molecule has 1 atom stereocenters. The molecule has 0 radical (unpaired) electrons. The van der Waals surface area contributed by atoms with E-state index in [-0.39, 0.29) is 24.0 Å². The van der Waals surface area contributed by atoms with Gasteiger partial charge in [-0.2, -0.15) is 5.10 Å². The minimum Gasteiger partial charge on any atom is -0.368 e. The SMILES string of the molecule is CN=C(NCCn1cncn1)NC1CCN(c2ccccc2Br)C1.I. The first-order valence-electron chi connectivity index (χ1n) is 8.05. The highest BCUT2D eigenvalue weighted by Gasteiger charge is 2.24. The van der Waals surface area contributed by atoms with E-state index < -0.39 is 0 Å². The van der Waals surface area contributed by atoms with Crippen LogP contribution < -0.4 is 15.5 Å². The Hall–Kier alpha value is -1.36. The van der Waals surface area contributed by atoms with E-state index in [1.807, 2.05) is 6.07 Å². The number of nitrogens with zero attached hydrogens (tertiary/aromatic N) is 5. The summed E-state index contributed by atoms with van der Waals surface area (Å²) in [6, 6.07) is 8.74. The Bertz CT molecular complexity index is 677. The molecule has 2 N–H and O–H groups in total. The Kier molecular flexibility index (Phi) is 7.94. The van der Waals surface area contributed by atoms with Gasteiger partial charge in [-0.1, -0.05) is 12.1 Å². The zero-order chi connectivity index (χ0) is 16.8. The highest BCUT2D eigenvalue weighted by Crippen LogP contribution is 2.28. The molecule has 136 valence electrons. The van der Waals surface area contributed by atoms with Gasteiger partial charge in [0.25, 0.3) is 0 Å². The summed E-state index contributed by atoms with van der Waals surface area (Å²) in [4.78, 5) is 10.6. The summed E-state index contributed by atoms with van der Waals surface area (Å²) in [5.74, 6) is 0.828. The molecular weight excluding hydrogens is 497 g/mol. The molecule has 0 saturated carbocycles. The van der Waals surface area contributed by atoms with Crippen molar-refractivity contribution in [2.45, 2.75) is 19.0 Å². The number of halogens is 2. The van der Waals surface area contributed by atoms with Crippen molar-refractivity contribution < 1.29 is 0 Å². The normalized spacial score (nSPS) is 17.3. The fourth-order valence-electron chi connectivity index (χ4n) is 2.83. The number of rotatable bonds is 5. The van der Waals surface area contributed by atoms with Crippen LogP contribution in [0.3, 0.4) is 0 Å². The van der Waals surface area contributed by atoms with Gasteiger partial charge in [-0.15, -0.1) is 24.0 Å². The standard InChI is InChI=1S/C16H22BrN7.HI/c1-18-16(20-7-9-24-12-19-11-21-24)22-13-6-8-23(10-13)15-5-3-2-4-14(15)17;/h2-5,11-13H,6-10H2,1H3,(H2,18,20,22);1H. The van der Waals surface area contributed by atoms with E-state index in [9.17, 15) is 0 Å². The first-order chi connectivity index (χ1) is 11.8. The number of aromatic nitrogens is 3. The van der Waals surface area contributed by atoms with Crippen LogP contribution in [-0.4, -0.2) is 53.4 Å². The second-order valence-corrected chi connectivity index (χ2v) is 6.54. The van der Waals surface area contributed by atoms with Crippen LogP contribution in [0.25, 0.3) is 0 Å². The Labute approximate surface area is 173 Å². The van der Waals surface area contributed by atoms with Crippen molar-refractivity contribution in [1.29, 1.82) is 0 Å². The average molecular weight is 520 g/mol. The first kappa shape index (κ1) is 20.0. The van der Waals surface area contributed by atoms with Gasteiger partial charge in [-0.25, -0.2) is 4.98 Å². The summed E-state index contributed by atoms with van der Waals surface area (Å²) in [5, 5.41) is 10.9. The smallest absolute Gasteiger partial charge is 0.191 e. The summed E-state index contributed by atoms with van der Waals surface area (Å²) < 4.78 is 2.94. The molecule has 1 unspecified atom stereocenters. The van der Waals surface area contributed by atoms with Gasteiger partial charge in [0.1, 0.15) is 12.7 Å². The summed E-state index contributed by atoms with van der Waals surface area (Å²) >= 11 is 3.63. The van der Waals surface area contributed by atoms with Crippen molar-refractivity contribution in [3.05, 3.63) is 41.4 Å². The van der Waals surface area contributed by atoms with E-state index in [2.05, 4.69) is 64.7 Å². The first-order valence-corrected chi connectivity index (χ1v) is 8.84. The second-order valence-electron chi connectivity index (χ2n) is 5.68. The Morgan fingerprint density at radius 3 is 2.96 bits per heavy atom. The summed E-state index contributed by atoms with van der Waals surface area (Å²) in [6.45, 7) is 3.51. The lowest BCUT2D eigenvalue weighted by molar-refractivity contribution is 0.586. The van der Waals surface area contributed by atoms with Gasteiger partial charge in [0, 0.05) is 37.2 Å². The molecule has 2 aromatic rings. The number of aliphatic imine (C=N–C) groups is 1. The lowest BCUT2D eigenvalue weighted by Gasteiger charge is -2.21. The predicted molar refractivity (Wildman–Crippen MR) is 115 cm³/mol. The van der Waals surface area contributed by atoms with Crippen LogP contribution in [0.1, 0.15) is 6.42 Å². The van der Waals surface area contributed by atoms with E-state index in [0.29, 0.717) is 6.04 Å². The van der Waals surface area contributed by atoms with Crippen molar-refractivity contribution >= 4 is 51.6 Å². The Balaban J connectivity index is 0.00000225. The molecular formula is C16H23BrIN7. The topological polar surface area (TPSA) is 70.4 Å². The minimum atomic E-state index is 0. The molecule has 0 spiro atoms. The zero-order valence-electron chi connectivity index (χ0n) is 14.1. The van der Waals surface area contributed by atoms with E-state index in [1.165, 1.54) is 5.69 Å². The predicted octanol–water partition coefficient (Wildman–Crippen LogP) is 2.10.